The van der Waals surface area contributed by atoms with E-state index in [1.807, 2.05) is 0 Å². The van der Waals surface area contributed by atoms with Crippen molar-refractivity contribution in [1.82, 2.24) is 10.2 Å². The first kappa shape index (κ1) is 11.4. The summed E-state index contributed by atoms with van der Waals surface area (Å²) in [4.78, 5) is 2.79. The van der Waals surface area contributed by atoms with Gasteiger partial charge >= 0.3 is 0 Å². The van der Waals surface area contributed by atoms with E-state index in [1.165, 1.54) is 45.2 Å². The highest BCUT2D eigenvalue weighted by Crippen LogP contribution is 2.35. The predicted molar refractivity (Wildman–Crippen MR) is 65.1 cm³/mol. The summed E-state index contributed by atoms with van der Waals surface area (Å²) in [6.45, 7) is 8.34. The summed E-state index contributed by atoms with van der Waals surface area (Å²) >= 11 is 0. The van der Waals surface area contributed by atoms with E-state index in [0.717, 1.165) is 24.5 Å². The smallest absolute Gasteiger partial charge is 0.0139 e. The molecule has 1 aliphatic heterocycles. The van der Waals surface area contributed by atoms with Crippen LogP contribution in [-0.4, -0.2) is 36.6 Å². The highest BCUT2D eigenvalue weighted by atomic mass is 15.2. The highest BCUT2D eigenvalue weighted by Gasteiger charge is 2.37. The van der Waals surface area contributed by atoms with Crippen LogP contribution >= 0.6 is 0 Å². The Hall–Kier alpha value is -0.0800. The van der Waals surface area contributed by atoms with E-state index in [4.69, 9.17) is 0 Å². The molecule has 0 aromatic carbocycles. The Kier molecular flexibility index (Phi) is 4.04. The first-order valence-corrected chi connectivity index (χ1v) is 6.79. The van der Waals surface area contributed by atoms with Gasteiger partial charge in [-0.25, -0.2) is 0 Å². The molecule has 3 unspecified atom stereocenters. The Morgan fingerprint density at radius 1 is 1.20 bits per heavy atom. The Morgan fingerprint density at radius 3 is 2.67 bits per heavy atom. The monoisotopic (exact) mass is 210 g/mol. The molecule has 1 heterocycles. The zero-order valence-electron chi connectivity index (χ0n) is 10.3. The average molecular weight is 210 g/mol. The van der Waals surface area contributed by atoms with Crippen LogP contribution in [-0.2, 0) is 0 Å². The van der Waals surface area contributed by atoms with Crippen LogP contribution in [0.3, 0.4) is 0 Å². The lowest BCUT2D eigenvalue weighted by Gasteiger charge is -2.49. The number of hydrogen-bond donors (Lipinski definition) is 1. The number of likely N-dealkylation sites (tertiary alicyclic amines) is 1. The first-order chi connectivity index (χ1) is 7.33. The molecule has 0 aromatic rings. The van der Waals surface area contributed by atoms with Crippen LogP contribution in [0.25, 0.3) is 0 Å². The minimum atomic E-state index is 0.841. The zero-order chi connectivity index (χ0) is 10.7. The molecule has 1 saturated heterocycles. The second kappa shape index (κ2) is 5.31. The van der Waals surface area contributed by atoms with Gasteiger partial charge in [-0.05, 0) is 58.2 Å². The third kappa shape index (κ3) is 2.54. The maximum Gasteiger partial charge on any atom is 0.0139 e. The molecular weight excluding hydrogens is 184 g/mol. The van der Waals surface area contributed by atoms with Gasteiger partial charge < -0.3 is 5.32 Å². The standard InChI is InChI=1S/C13H26N2/c1-3-14-10-12-7-8-13(12)15-9-5-4-6-11(15)2/h11-14H,3-10H2,1-2H3. The van der Waals surface area contributed by atoms with E-state index in [-0.39, 0.29) is 0 Å². The maximum atomic E-state index is 3.51. The highest BCUT2D eigenvalue weighted by molar-refractivity contribution is 4.93. The van der Waals surface area contributed by atoms with Gasteiger partial charge in [0.1, 0.15) is 0 Å². The van der Waals surface area contributed by atoms with Gasteiger partial charge in [-0.3, -0.25) is 4.90 Å². The largest absolute Gasteiger partial charge is 0.317 e. The van der Waals surface area contributed by atoms with Crippen molar-refractivity contribution in [3.05, 3.63) is 0 Å². The molecule has 1 aliphatic carbocycles. The fraction of sp³-hybridized carbons (Fsp3) is 1.00. The van der Waals surface area contributed by atoms with E-state index in [2.05, 4.69) is 24.1 Å². The van der Waals surface area contributed by atoms with Crippen LogP contribution in [0.15, 0.2) is 0 Å². The van der Waals surface area contributed by atoms with Gasteiger partial charge in [0.2, 0.25) is 0 Å². The molecule has 1 N–H and O–H groups in total. The van der Waals surface area contributed by atoms with Gasteiger partial charge in [0.25, 0.3) is 0 Å². The molecule has 2 rings (SSSR count). The summed E-state index contributed by atoms with van der Waals surface area (Å²) in [7, 11) is 0. The second-order valence-corrected chi connectivity index (χ2v) is 5.30. The molecule has 2 fully saturated rings. The van der Waals surface area contributed by atoms with Gasteiger partial charge in [-0.1, -0.05) is 13.3 Å². The molecule has 3 atom stereocenters. The molecule has 0 bridgehead atoms. The lowest BCUT2D eigenvalue weighted by Crippen LogP contribution is -2.55. The average Bonchev–Trinajstić information content (AvgIpc) is 2.20. The van der Waals surface area contributed by atoms with Crippen molar-refractivity contribution >= 4 is 0 Å². The van der Waals surface area contributed by atoms with Crippen LogP contribution in [0.1, 0.15) is 46.0 Å². The molecule has 15 heavy (non-hydrogen) atoms. The molecule has 0 aromatic heterocycles. The van der Waals surface area contributed by atoms with E-state index >= 15 is 0 Å². The second-order valence-electron chi connectivity index (χ2n) is 5.30. The van der Waals surface area contributed by atoms with Crippen molar-refractivity contribution in [2.24, 2.45) is 5.92 Å². The fourth-order valence-corrected chi connectivity index (χ4v) is 3.17. The third-order valence-corrected chi connectivity index (χ3v) is 4.31. The van der Waals surface area contributed by atoms with Gasteiger partial charge in [0.15, 0.2) is 0 Å². The summed E-state index contributed by atoms with van der Waals surface area (Å²) in [6, 6.07) is 1.74. The molecule has 0 amide bonds. The SMILES string of the molecule is CCNCC1CCC1N1CCCCC1C. The van der Waals surface area contributed by atoms with E-state index in [0.29, 0.717) is 0 Å². The molecule has 88 valence electrons. The van der Waals surface area contributed by atoms with Crippen LogP contribution in [0, 0.1) is 5.92 Å². The molecule has 0 spiro atoms. The molecule has 1 saturated carbocycles. The Bertz CT molecular complexity index is 193. The first-order valence-electron chi connectivity index (χ1n) is 6.79. The zero-order valence-corrected chi connectivity index (χ0v) is 10.3. The lowest BCUT2D eigenvalue weighted by molar-refractivity contribution is 0.0140. The number of hydrogen-bond acceptors (Lipinski definition) is 2. The maximum absolute atomic E-state index is 3.51. The molecule has 2 heteroatoms. The van der Waals surface area contributed by atoms with Gasteiger partial charge in [0, 0.05) is 12.1 Å². The minimum absolute atomic E-state index is 0.841. The fourth-order valence-electron chi connectivity index (χ4n) is 3.17. The summed E-state index contributed by atoms with van der Waals surface area (Å²) in [5.41, 5.74) is 0. The van der Waals surface area contributed by atoms with Crippen LogP contribution < -0.4 is 5.32 Å². The van der Waals surface area contributed by atoms with Crippen LogP contribution in [0.4, 0.5) is 0 Å². The van der Waals surface area contributed by atoms with E-state index in [9.17, 15) is 0 Å². The Labute approximate surface area is 94.4 Å². The number of nitrogens with zero attached hydrogens (tertiary/aromatic N) is 1. The van der Waals surface area contributed by atoms with Crippen molar-refractivity contribution in [3.8, 4) is 0 Å². The van der Waals surface area contributed by atoms with E-state index < -0.39 is 0 Å². The molecule has 2 nitrogen and oxygen atoms in total. The van der Waals surface area contributed by atoms with Crippen molar-refractivity contribution in [2.75, 3.05) is 19.6 Å². The molecule has 0 radical (unpaired) electrons. The minimum Gasteiger partial charge on any atom is -0.317 e. The Morgan fingerprint density at radius 2 is 2.07 bits per heavy atom. The van der Waals surface area contributed by atoms with Gasteiger partial charge in [-0.2, -0.15) is 0 Å². The van der Waals surface area contributed by atoms with Crippen molar-refractivity contribution in [1.29, 1.82) is 0 Å². The van der Waals surface area contributed by atoms with Crippen LogP contribution in [0.2, 0.25) is 0 Å². The third-order valence-electron chi connectivity index (χ3n) is 4.31. The number of nitrogens with one attached hydrogen (secondary N) is 1. The number of rotatable bonds is 4. The molecule has 2 aliphatic rings. The van der Waals surface area contributed by atoms with E-state index in [1.54, 1.807) is 0 Å². The molecular formula is C13H26N2. The van der Waals surface area contributed by atoms with Gasteiger partial charge in [-0.15, -0.1) is 0 Å². The summed E-state index contributed by atoms with van der Waals surface area (Å²) in [5.74, 6) is 0.936. The van der Waals surface area contributed by atoms with Crippen molar-refractivity contribution in [2.45, 2.75) is 58.0 Å². The topological polar surface area (TPSA) is 15.3 Å². The van der Waals surface area contributed by atoms with Crippen molar-refractivity contribution in [3.63, 3.8) is 0 Å². The lowest BCUT2D eigenvalue weighted by atomic mass is 9.77. The predicted octanol–water partition coefficient (Wildman–Crippen LogP) is 2.25. The summed E-state index contributed by atoms with van der Waals surface area (Å²) < 4.78 is 0. The summed E-state index contributed by atoms with van der Waals surface area (Å²) in [6.07, 6.45) is 7.18. The summed E-state index contributed by atoms with van der Waals surface area (Å²) in [5, 5.41) is 3.51. The van der Waals surface area contributed by atoms with Crippen LogP contribution in [0.5, 0.6) is 0 Å². The van der Waals surface area contributed by atoms with Gasteiger partial charge in [0.05, 0.1) is 0 Å². The van der Waals surface area contributed by atoms with Crippen molar-refractivity contribution < 1.29 is 0 Å². The quantitative estimate of drug-likeness (QED) is 0.765. The Balaban J connectivity index is 1.81. The normalized spacial score (nSPS) is 37.6. The number of piperidine rings is 1.